The van der Waals surface area contributed by atoms with Crippen LogP contribution >= 0.6 is 0 Å². The number of carbonyl (C=O) groups is 1. The molecule has 0 radical (unpaired) electrons. The third-order valence-electron chi connectivity index (χ3n) is 2.02. The summed E-state index contributed by atoms with van der Waals surface area (Å²) in [7, 11) is 1.53. The molecule has 1 aromatic rings. The molecule has 0 amide bonds. The number of nitrogens with zero attached hydrogens (tertiary/aromatic N) is 2. The van der Waals surface area contributed by atoms with Crippen LogP contribution in [0.4, 0.5) is 0 Å². The van der Waals surface area contributed by atoms with Gasteiger partial charge >= 0.3 is 5.97 Å². The Morgan fingerprint density at radius 2 is 2.19 bits per heavy atom. The highest BCUT2D eigenvalue weighted by atomic mass is 16.5. The highest BCUT2D eigenvalue weighted by molar-refractivity contribution is 5.70. The molecule has 1 rings (SSSR count). The van der Waals surface area contributed by atoms with E-state index in [0.29, 0.717) is 18.0 Å². The molecule has 1 aromatic heterocycles. The van der Waals surface area contributed by atoms with Crippen LogP contribution < -0.4 is 4.74 Å². The Bertz CT molecular complexity index is 377. The van der Waals surface area contributed by atoms with Crippen LogP contribution in [0.5, 0.6) is 5.88 Å². The molecule has 5 heteroatoms. The lowest BCUT2D eigenvalue weighted by Crippen LogP contribution is -2.17. The molecule has 0 saturated heterocycles. The number of ether oxygens (including phenoxy) is 1. The Morgan fingerprint density at radius 3 is 2.62 bits per heavy atom. The number of aliphatic carboxylic acids is 1. The molecule has 0 aromatic carbocycles. The van der Waals surface area contributed by atoms with E-state index in [-0.39, 0.29) is 11.8 Å². The molecule has 0 fully saturated rings. The van der Waals surface area contributed by atoms with Crippen molar-refractivity contribution in [1.29, 1.82) is 0 Å². The second-order valence-corrected chi connectivity index (χ2v) is 4.97. The summed E-state index contributed by atoms with van der Waals surface area (Å²) >= 11 is 0. The lowest BCUT2D eigenvalue weighted by Gasteiger charge is -2.19. The van der Waals surface area contributed by atoms with Crippen molar-refractivity contribution >= 4 is 5.97 Å². The third kappa shape index (κ3) is 3.25. The maximum atomic E-state index is 10.6. The second-order valence-electron chi connectivity index (χ2n) is 4.97. The smallest absolute Gasteiger partial charge is 0.308 e. The maximum absolute atomic E-state index is 10.6. The zero-order chi connectivity index (χ0) is 12.3. The predicted octanol–water partition coefficient (Wildman–Crippen LogP) is 1.56. The van der Waals surface area contributed by atoms with Gasteiger partial charge in [-0.25, -0.2) is 4.68 Å². The molecular formula is C11H18N2O3. The van der Waals surface area contributed by atoms with Crippen molar-refractivity contribution in [3.8, 4) is 5.88 Å². The molecule has 0 aliphatic heterocycles. The quantitative estimate of drug-likeness (QED) is 0.846. The molecule has 1 heterocycles. The van der Waals surface area contributed by atoms with Gasteiger partial charge in [0.25, 0.3) is 0 Å². The largest absolute Gasteiger partial charge is 0.481 e. The minimum absolute atomic E-state index is 0.0622. The Hall–Kier alpha value is -1.52. The number of hydrogen-bond acceptors (Lipinski definition) is 3. The second kappa shape index (κ2) is 4.55. The van der Waals surface area contributed by atoms with E-state index >= 15 is 0 Å². The van der Waals surface area contributed by atoms with E-state index in [1.54, 1.807) is 10.9 Å². The molecule has 1 N–H and O–H groups in total. The Balaban J connectivity index is 2.94. The van der Waals surface area contributed by atoms with Crippen LogP contribution in [-0.4, -0.2) is 28.0 Å². The third-order valence-corrected chi connectivity index (χ3v) is 2.02. The summed E-state index contributed by atoms with van der Waals surface area (Å²) in [4.78, 5) is 10.6. The van der Waals surface area contributed by atoms with Gasteiger partial charge in [-0.1, -0.05) is 20.8 Å². The summed E-state index contributed by atoms with van der Waals surface area (Å²) in [6.07, 6.45) is 1.49. The van der Waals surface area contributed by atoms with Gasteiger partial charge in [0.2, 0.25) is 5.88 Å². The molecule has 16 heavy (non-hydrogen) atoms. The summed E-state index contributed by atoms with van der Waals surface area (Å²) in [5, 5.41) is 12.9. The zero-order valence-electron chi connectivity index (χ0n) is 10.1. The lowest BCUT2D eigenvalue weighted by atomic mass is 9.97. The fourth-order valence-corrected chi connectivity index (χ4v) is 1.50. The molecule has 0 aliphatic carbocycles. The maximum Gasteiger partial charge on any atom is 0.308 e. The summed E-state index contributed by atoms with van der Waals surface area (Å²) < 4.78 is 6.91. The summed E-state index contributed by atoms with van der Waals surface area (Å²) in [6, 6.07) is 0. The number of methoxy groups -OCH3 is 1. The van der Waals surface area contributed by atoms with Crippen molar-refractivity contribution in [1.82, 2.24) is 9.78 Å². The van der Waals surface area contributed by atoms with E-state index in [0.717, 1.165) is 0 Å². The first-order valence-electron chi connectivity index (χ1n) is 5.14. The fourth-order valence-electron chi connectivity index (χ4n) is 1.50. The standard InChI is InChI=1S/C11H18N2O3/c1-11(2,3)7-13-10(16-4)8(6-12-13)5-9(14)15/h6H,5,7H2,1-4H3,(H,14,15). The zero-order valence-corrected chi connectivity index (χ0v) is 10.1. The molecule has 0 spiro atoms. The van der Waals surface area contributed by atoms with Crippen LogP contribution in [0.2, 0.25) is 0 Å². The van der Waals surface area contributed by atoms with Crippen LogP contribution in [0.15, 0.2) is 6.20 Å². The molecular weight excluding hydrogens is 208 g/mol. The van der Waals surface area contributed by atoms with Crippen LogP contribution in [-0.2, 0) is 17.8 Å². The van der Waals surface area contributed by atoms with Crippen molar-refractivity contribution in [2.45, 2.75) is 33.7 Å². The SMILES string of the molecule is COc1c(CC(=O)O)cnn1CC(C)(C)C. The minimum atomic E-state index is -0.881. The van der Waals surface area contributed by atoms with Gasteiger partial charge in [0.1, 0.15) is 0 Å². The summed E-state index contributed by atoms with van der Waals surface area (Å²) in [5.41, 5.74) is 0.680. The predicted molar refractivity (Wildman–Crippen MR) is 59.6 cm³/mol. The molecule has 0 bridgehead atoms. The summed E-state index contributed by atoms with van der Waals surface area (Å²) in [5.74, 6) is -0.342. The Morgan fingerprint density at radius 1 is 1.56 bits per heavy atom. The average Bonchev–Trinajstić information content (AvgIpc) is 2.43. The topological polar surface area (TPSA) is 64.3 Å². The normalized spacial score (nSPS) is 11.5. The number of hydrogen-bond donors (Lipinski definition) is 1. The molecule has 0 unspecified atom stereocenters. The lowest BCUT2D eigenvalue weighted by molar-refractivity contribution is -0.136. The van der Waals surface area contributed by atoms with Crippen LogP contribution in [0, 0.1) is 5.41 Å². The first-order valence-corrected chi connectivity index (χ1v) is 5.14. The molecule has 0 atom stereocenters. The van der Waals surface area contributed by atoms with Gasteiger partial charge in [0.15, 0.2) is 0 Å². The van der Waals surface area contributed by atoms with Crippen molar-refractivity contribution in [3.63, 3.8) is 0 Å². The van der Waals surface area contributed by atoms with Gasteiger partial charge in [-0.3, -0.25) is 4.79 Å². The number of carboxylic acids is 1. The molecule has 5 nitrogen and oxygen atoms in total. The van der Waals surface area contributed by atoms with E-state index < -0.39 is 5.97 Å². The number of carboxylic acid groups (broad SMARTS) is 1. The fraction of sp³-hybridized carbons (Fsp3) is 0.636. The van der Waals surface area contributed by atoms with Crippen molar-refractivity contribution in [2.24, 2.45) is 5.41 Å². The van der Waals surface area contributed by atoms with Crippen LogP contribution in [0.25, 0.3) is 0 Å². The van der Waals surface area contributed by atoms with Gasteiger partial charge < -0.3 is 9.84 Å². The Kier molecular flexibility index (Phi) is 3.57. The molecule has 0 saturated carbocycles. The monoisotopic (exact) mass is 226 g/mol. The summed E-state index contributed by atoms with van der Waals surface area (Å²) in [6.45, 7) is 6.96. The van der Waals surface area contributed by atoms with Crippen LogP contribution in [0.3, 0.4) is 0 Å². The van der Waals surface area contributed by atoms with Gasteiger partial charge in [0.05, 0.1) is 19.7 Å². The Labute approximate surface area is 95.0 Å². The van der Waals surface area contributed by atoms with Crippen LogP contribution in [0.1, 0.15) is 26.3 Å². The van der Waals surface area contributed by atoms with Gasteiger partial charge in [-0.05, 0) is 5.41 Å². The van der Waals surface area contributed by atoms with E-state index in [2.05, 4.69) is 25.9 Å². The van der Waals surface area contributed by atoms with Gasteiger partial charge in [-0.2, -0.15) is 5.10 Å². The number of aromatic nitrogens is 2. The minimum Gasteiger partial charge on any atom is -0.481 e. The first-order chi connectivity index (χ1) is 7.33. The van der Waals surface area contributed by atoms with E-state index in [9.17, 15) is 4.79 Å². The van der Waals surface area contributed by atoms with Gasteiger partial charge in [-0.15, -0.1) is 0 Å². The van der Waals surface area contributed by atoms with Crippen molar-refractivity contribution in [3.05, 3.63) is 11.8 Å². The number of rotatable bonds is 4. The van der Waals surface area contributed by atoms with E-state index in [1.807, 2.05) is 0 Å². The highest BCUT2D eigenvalue weighted by Gasteiger charge is 2.18. The van der Waals surface area contributed by atoms with Crippen molar-refractivity contribution < 1.29 is 14.6 Å². The first kappa shape index (κ1) is 12.5. The molecule has 90 valence electrons. The van der Waals surface area contributed by atoms with Gasteiger partial charge in [0, 0.05) is 12.1 Å². The van der Waals surface area contributed by atoms with E-state index in [4.69, 9.17) is 9.84 Å². The molecule has 0 aliphatic rings. The average molecular weight is 226 g/mol. The van der Waals surface area contributed by atoms with E-state index in [1.165, 1.54) is 7.11 Å². The van der Waals surface area contributed by atoms with Crippen molar-refractivity contribution in [2.75, 3.05) is 7.11 Å². The highest BCUT2D eigenvalue weighted by Crippen LogP contribution is 2.23.